The predicted octanol–water partition coefficient (Wildman–Crippen LogP) is 4.72. The Kier molecular flexibility index (Phi) is 7.23. The summed E-state index contributed by atoms with van der Waals surface area (Å²) in [6.07, 6.45) is 5.71. The summed E-state index contributed by atoms with van der Waals surface area (Å²) < 4.78 is 18.6. The van der Waals surface area contributed by atoms with E-state index in [1.54, 1.807) is 0 Å². The van der Waals surface area contributed by atoms with Crippen LogP contribution in [0.5, 0.6) is 5.75 Å². The summed E-state index contributed by atoms with van der Waals surface area (Å²) in [5, 5.41) is 9.99. The molecule has 5 rings (SSSR count). The number of piperidine rings is 1. The number of hydrogen-bond acceptors (Lipinski definition) is 6. The summed E-state index contributed by atoms with van der Waals surface area (Å²) in [6.45, 7) is 2.78. The largest absolute Gasteiger partial charge is 0.493 e. The normalized spacial score (nSPS) is 16.7. The summed E-state index contributed by atoms with van der Waals surface area (Å²) in [6, 6.07) is 13.5. The number of carbonyl (C=O) groups excluding carboxylic acids is 1. The summed E-state index contributed by atoms with van der Waals surface area (Å²) in [5.74, 6) is 1.98. The van der Waals surface area contributed by atoms with Gasteiger partial charge in [0.05, 0.1) is 12.1 Å². The van der Waals surface area contributed by atoms with Gasteiger partial charge in [0.2, 0.25) is 0 Å². The first-order valence-electron chi connectivity index (χ1n) is 12.3. The van der Waals surface area contributed by atoms with Crippen LogP contribution >= 0.6 is 0 Å². The van der Waals surface area contributed by atoms with Gasteiger partial charge in [-0.05, 0) is 81.1 Å². The fourth-order valence-electron chi connectivity index (χ4n) is 4.29. The molecular formula is C26H31FN6O2. The van der Waals surface area contributed by atoms with Crippen molar-refractivity contribution in [2.75, 3.05) is 43.5 Å². The lowest BCUT2D eigenvalue weighted by molar-refractivity contribution is 0.135. The highest BCUT2D eigenvalue weighted by Gasteiger charge is 2.23. The molecule has 3 N–H and O–H groups in total. The maximum atomic E-state index is 12.5. The van der Waals surface area contributed by atoms with E-state index in [2.05, 4.69) is 30.8 Å². The van der Waals surface area contributed by atoms with Crippen molar-refractivity contribution in [1.29, 1.82) is 0 Å². The highest BCUT2D eigenvalue weighted by molar-refractivity contribution is 5.92. The number of benzene rings is 2. The van der Waals surface area contributed by atoms with E-state index in [0.29, 0.717) is 30.9 Å². The van der Waals surface area contributed by atoms with Gasteiger partial charge in [-0.15, -0.1) is 0 Å². The Morgan fingerprint density at radius 2 is 1.80 bits per heavy atom. The number of alkyl halides is 1. The van der Waals surface area contributed by atoms with E-state index in [1.165, 1.54) is 6.33 Å². The lowest BCUT2D eigenvalue weighted by Crippen LogP contribution is -2.36. The van der Waals surface area contributed by atoms with E-state index in [1.807, 2.05) is 42.5 Å². The molecule has 1 aromatic heterocycles. The number of fused-ring (bicyclic) bond motifs is 1. The van der Waals surface area contributed by atoms with Crippen LogP contribution in [0.15, 0.2) is 48.8 Å². The van der Waals surface area contributed by atoms with Crippen molar-refractivity contribution >= 4 is 34.1 Å². The van der Waals surface area contributed by atoms with Crippen LogP contribution in [-0.4, -0.2) is 59.9 Å². The topological polar surface area (TPSA) is 91.4 Å². The highest BCUT2D eigenvalue weighted by atomic mass is 19.1. The summed E-state index contributed by atoms with van der Waals surface area (Å²) in [7, 11) is 0. The molecule has 35 heavy (non-hydrogen) atoms. The van der Waals surface area contributed by atoms with E-state index >= 15 is 0 Å². The van der Waals surface area contributed by atoms with Crippen molar-refractivity contribution in [2.24, 2.45) is 5.92 Å². The third-order valence-electron chi connectivity index (χ3n) is 6.52. The number of carbonyl (C=O) groups is 1. The van der Waals surface area contributed by atoms with E-state index in [0.717, 1.165) is 66.8 Å². The molecular weight excluding hydrogens is 447 g/mol. The Hall–Kier alpha value is -3.46. The van der Waals surface area contributed by atoms with Gasteiger partial charge in [-0.3, -0.25) is 0 Å². The predicted molar refractivity (Wildman–Crippen MR) is 135 cm³/mol. The minimum absolute atomic E-state index is 0.171. The SMILES string of the molecule is O=C(Nc1ccc(Nc2ncnc3cc(OCC4CCN(CCF)CC4)ccc23)cc1)NC1CC1. The fourth-order valence-corrected chi connectivity index (χ4v) is 4.29. The van der Waals surface area contributed by atoms with Crippen LogP contribution in [-0.2, 0) is 0 Å². The molecule has 0 unspecified atom stereocenters. The zero-order valence-corrected chi connectivity index (χ0v) is 19.7. The number of rotatable bonds is 9. The zero-order chi connectivity index (χ0) is 24.0. The lowest BCUT2D eigenvalue weighted by atomic mass is 9.98. The summed E-state index contributed by atoms with van der Waals surface area (Å²) in [4.78, 5) is 22.9. The average molecular weight is 479 g/mol. The highest BCUT2D eigenvalue weighted by Crippen LogP contribution is 2.28. The Bertz CT molecular complexity index is 1150. The van der Waals surface area contributed by atoms with Crippen molar-refractivity contribution in [3.05, 3.63) is 48.8 Å². The Labute approximate surface area is 204 Å². The number of amides is 2. The zero-order valence-electron chi connectivity index (χ0n) is 19.7. The number of urea groups is 1. The second-order valence-corrected chi connectivity index (χ2v) is 9.26. The number of likely N-dealkylation sites (tertiary alicyclic amines) is 1. The molecule has 0 bridgehead atoms. The van der Waals surface area contributed by atoms with E-state index in [9.17, 15) is 9.18 Å². The van der Waals surface area contributed by atoms with Crippen molar-refractivity contribution in [1.82, 2.24) is 20.2 Å². The van der Waals surface area contributed by atoms with Crippen LogP contribution in [0.4, 0.5) is 26.4 Å². The molecule has 0 spiro atoms. The van der Waals surface area contributed by atoms with Crippen LogP contribution in [0.3, 0.4) is 0 Å². The van der Waals surface area contributed by atoms with Gasteiger partial charge < -0.3 is 25.6 Å². The Balaban J connectivity index is 1.18. The monoisotopic (exact) mass is 478 g/mol. The van der Waals surface area contributed by atoms with Gasteiger partial charge in [-0.2, -0.15) is 0 Å². The van der Waals surface area contributed by atoms with Gasteiger partial charge in [-0.1, -0.05) is 0 Å². The molecule has 3 aromatic rings. The van der Waals surface area contributed by atoms with Crippen molar-refractivity contribution < 1.29 is 13.9 Å². The standard InChI is InChI=1S/C26H31FN6O2/c27-11-14-33-12-9-18(10-13-33)16-35-22-7-8-23-24(15-22)28-17-29-25(23)30-19-1-3-20(4-2-19)31-26(34)32-21-5-6-21/h1-4,7-8,15,17-18,21H,5-6,9-14,16H2,(H,28,29,30)(H2,31,32,34). The van der Waals surface area contributed by atoms with Crippen LogP contribution in [0.2, 0.25) is 0 Å². The maximum absolute atomic E-state index is 12.5. The molecule has 1 aliphatic carbocycles. The van der Waals surface area contributed by atoms with Gasteiger partial charge in [0, 0.05) is 35.4 Å². The molecule has 8 nitrogen and oxygen atoms in total. The van der Waals surface area contributed by atoms with Gasteiger partial charge >= 0.3 is 6.03 Å². The molecule has 2 aromatic carbocycles. The third kappa shape index (κ3) is 6.36. The summed E-state index contributed by atoms with van der Waals surface area (Å²) >= 11 is 0. The van der Waals surface area contributed by atoms with Crippen LogP contribution in [0, 0.1) is 5.92 Å². The average Bonchev–Trinajstić information content (AvgIpc) is 3.69. The number of anilines is 3. The molecule has 2 heterocycles. The third-order valence-corrected chi connectivity index (χ3v) is 6.52. The van der Waals surface area contributed by atoms with Gasteiger partial charge in [0.25, 0.3) is 0 Å². The maximum Gasteiger partial charge on any atom is 0.319 e. The van der Waals surface area contributed by atoms with Gasteiger partial charge in [-0.25, -0.2) is 19.2 Å². The van der Waals surface area contributed by atoms with E-state index in [4.69, 9.17) is 4.74 Å². The van der Waals surface area contributed by atoms with Crippen LogP contribution < -0.4 is 20.7 Å². The molecule has 1 aliphatic heterocycles. The number of aromatic nitrogens is 2. The summed E-state index contributed by atoms with van der Waals surface area (Å²) in [5.41, 5.74) is 2.39. The number of nitrogens with one attached hydrogen (secondary N) is 3. The first-order chi connectivity index (χ1) is 17.2. The number of hydrogen-bond donors (Lipinski definition) is 3. The van der Waals surface area contributed by atoms with Crippen LogP contribution in [0.1, 0.15) is 25.7 Å². The Morgan fingerprint density at radius 1 is 1.03 bits per heavy atom. The van der Waals surface area contributed by atoms with Gasteiger partial charge in [0.1, 0.15) is 24.6 Å². The molecule has 0 radical (unpaired) electrons. The first-order valence-corrected chi connectivity index (χ1v) is 12.3. The quantitative estimate of drug-likeness (QED) is 0.412. The molecule has 1 saturated carbocycles. The van der Waals surface area contributed by atoms with E-state index in [-0.39, 0.29) is 12.7 Å². The van der Waals surface area contributed by atoms with Crippen molar-refractivity contribution in [3.8, 4) is 5.75 Å². The number of nitrogens with zero attached hydrogens (tertiary/aromatic N) is 3. The number of ether oxygens (including phenoxy) is 1. The van der Waals surface area contributed by atoms with Crippen LogP contribution in [0.25, 0.3) is 10.9 Å². The molecule has 2 aliphatic rings. The Morgan fingerprint density at radius 3 is 2.54 bits per heavy atom. The van der Waals surface area contributed by atoms with Gasteiger partial charge in [0.15, 0.2) is 0 Å². The van der Waals surface area contributed by atoms with E-state index < -0.39 is 0 Å². The molecule has 0 atom stereocenters. The molecule has 9 heteroatoms. The first kappa shape index (κ1) is 23.3. The second kappa shape index (κ2) is 10.9. The minimum Gasteiger partial charge on any atom is -0.493 e. The van der Waals surface area contributed by atoms with Crippen molar-refractivity contribution in [3.63, 3.8) is 0 Å². The lowest BCUT2D eigenvalue weighted by Gasteiger charge is -2.31. The number of halogens is 1. The fraction of sp³-hybridized carbons (Fsp3) is 0.423. The van der Waals surface area contributed by atoms with Crippen molar-refractivity contribution in [2.45, 2.75) is 31.7 Å². The minimum atomic E-state index is -0.279. The molecule has 2 fully saturated rings. The molecule has 2 amide bonds. The molecule has 1 saturated heterocycles. The second-order valence-electron chi connectivity index (χ2n) is 9.26. The smallest absolute Gasteiger partial charge is 0.319 e. The molecule has 184 valence electrons.